The van der Waals surface area contributed by atoms with Gasteiger partial charge in [-0.1, -0.05) is 97.1 Å². The maximum Gasteiger partial charge on any atom is 0.408 e. The van der Waals surface area contributed by atoms with Gasteiger partial charge in [-0.15, -0.1) is 24.7 Å². The molecule has 0 saturated heterocycles. The lowest BCUT2D eigenvalue weighted by molar-refractivity contribution is -0.144. The molecule has 0 aliphatic heterocycles. The molecule has 282 valence electrons. The van der Waals surface area contributed by atoms with Gasteiger partial charge < -0.3 is 30.3 Å². The van der Waals surface area contributed by atoms with Gasteiger partial charge in [-0.25, -0.2) is 19.2 Å². The molecule has 10 nitrogen and oxygen atoms in total. The number of benzene rings is 4. The van der Waals surface area contributed by atoms with Gasteiger partial charge in [-0.05, 0) is 77.1 Å². The van der Waals surface area contributed by atoms with Crippen LogP contribution >= 0.6 is 0 Å². The van der Waals surface area contributed by atoms with Crippen molar-refractivity contribution in [1.82, 2.24) is 10.6 Å². The number of alkyl carbamates (subject to hydrolysis) is 2. The van der Waals surface area contributed by atoms with Crippen molar-refractivity contribution in [2.75, 3.05) is 13.2 Å². The number of carboxylic acid groups (broad SMARTS) is 2. The molecule has 0 aromatic heterocycles. The number of hydrogen-bond donors (Lipinski definition) is 4. The molecular formula is C45H44N2O8. The topological polar surface area (TPSA) is 151 Å². The molecule has 0 saturated carbocycles. The molecule has 6 rings (SSSR count). The van der Waals surface area contributed by atoms with E-state index in [1.165, 1.54) is 6.92 Å². The first-order valence-electron chi connectivity index (χ1n) is 18.2. The minimum Gasteiger partial charge on any atom is -0.480 e. The Labute approximate surface area is 321 Å². The van der Waals surface area contributed by atoms with E-state index in [1.807, 2.05) is 72.8 Å². The number of carbonyl (C=O) groups excluding carboxylic acids is 2. The molecule has 2 amide bonds. The molecule has 0 bridgehead atoms. The van der Waals surface area contributed by atoms with Crippen LogP contribution in [-0.2, 0) is 19.1 Å². The van der Waals surface area contributed by atoms with E-state index in [-0.39, 0.29) is 37.9 Å². The van der Waals surface area contributed by atoms with Crippen LogP contribution < -0.4 is 10.6 Å². The molecule has 0 radical (unpaired) electrons. The van der Waals surface area contributed by atoms with Crippen LogP contribution in [0.4, 0.5) is 9.59 Å². The largest absolute Gasteiger partial charge is 0.480 e. The molecule has 4 aromatic carbocycles. The van der Waals surface area contributed by atoms with Crippen LogP contribution in [0.15, 0.2) is 97.1 Å². The summed E-state index contributed by atoms with van der Waals surface area (Å²) in [5, 5.41) is 23.7. The van der Waals surface area contributed by atoms with Crippen molar-refractivity contribution >= 4 is 24.1 Å². The van der Waals surface area contributed by atoms with Gasteiger partial charge in [-0.3, -0.25) is 0 Å². The third-order valence-electron chi connectivity index (χ3n) is 9.94. The fourth-order valence-electron chi connectivity index (χ4n) is 7.07. The molecular weight excluding hydrogens is 697 g/mol. The molecule has 4 aromatic rings. The molecule has 4 N–H and O–H groups in total. The average Bonchev–Trinajstić information content (AvgIpc) is 3.68. The average molecular weight is 741 g/mol. The highest BCUT2D eigenvalue weighted by Crippen LogP contribution is 2.45. The van der Waals surface area contributed by atoms with Crippen molar-refractivity contribution in [3.05, 3.63) is 119 Å². The van der Waals surface area contributed by atoms with Crippen LogP contribution in [0.1, 0.15) is 79.5 Å². The number of amides is 2. The molecule has 0 fully saturated rings. The third kappa shape index (κ3) is 9.54. The lowest BCUT2D eigenvalue weighted by Gasteiger charge is -2.26. The van der Waals surface area contributed by atoms with Crippen molar-refractivity contribution in [1.29, 1.82) is 0 Å². The van der Waals surface area contributed by atoms with E-state index < -0.39 is 35.7 Å². The SMILES string of the molecule is C#CCCC[C@H](NC(=O)OCC1c2ccccc2-c2ccccc21)C(=O)O.C#CCCC[C@](C)(NC(=O)OCC1c2ccccc2-c2ccccc21)C(=O)O. The Kier molecular flexibility index (Phi) is 13.3. The first kappa shape index (κ1) is 39.7. The number of terminal acetylenes is 2. The summed E-state index contributed by atoms with van der Waals surface area (Å²) in [6, 6.07) is 31.1. The molecule has 0 heterocycles. The summed E-state index contributed by atoms with van der Waals surface area (Å²) in [5.74, 6) is 2.59. The highest BCUT2D eigenvalue weighted by atomic mass is 16.6. The number of ether oxygens (including phenoxy) is 2. The maximum atomic E-state index is 12.3. The normalized spacial score (nSPS) is 13.7. The number of hydrogen-bond acceptors (Lipinski definition) is 6. The van der Waals surface area contributed by atoms with Crippen molar-refractivity contribution in [2.45, 2.75) is 68.9 Å². The van der Waals surface area contributed by atoms with E-state index in [0.717, 1.165) is 44.5 Å². The second-order valence-corrected chi connectivity index (χ2v) is 13.6. The summed E-state index contributed by atoms with van der Waals surface area (Å²) < 4.78 is 10.8. The minimum atomic E-state index is -1.42. The Morgan fingerprint density at radius 1 is 0.673 bits per heavy atom. The van der Waals surface area contributed by atoms with Gasteiger partial charge in [0.05, 0.1) is 0 Å². The third-order valence-corrected chi connectivity index (χ3v) is 9.94. The lowest BCUT2D eigenvalue weighted by atomic mass is 9.95. The van der Waals surface area contributed by atoms with Crippen LogP contribution in [0.25, 0.3) is 22.3 Å². The van der Waals surface area contributed by atoms with E-state index in [4.69, 9.17) is 22.3 Å². The van der Waals surface area contributed by atoms with Gasteiger partial charge in [0.1, 0.15) is 24.8 Å². The van der Waals surface area contributed by atoms with Crippen LogP contribution in [0.2, 0.25) is 0 Å². The molecule has 10 heteroatoms. The van der Waals surface area contributed by atoms with Gasteiger partial charge in [0.25, 0.3) is 0 Å². The Bertz CT molecular complexity index is 2020. The summed E-state index contributed by atoms with van der Waals surface area (Å²) in [6.45, 7) is 1.75. The quantitative estimate of drug-likeness (QED) is 0.0751. The standard InChI is InChI=1S/C23H23NO4.C22H21NO4/c1-3-4-9-14-23(2,21(25)26)24-22(27)28-15-20-18-12-7-5-10-16(18)17-11-6-8-13-19(17)20;1-2-3-4-13-20(21(24)25)23-22(26)27-14-19-17-11-7-5-9-15(17)16-10-6-8-12-18(16)19/h1,5-8,10-13,20H,4,9,14-15H2,2H3,(H,24,27)(H,25,26);1,5-12,19-20H,3-4,13-14H2,(H,23,26)(H,24,25)/t23-;20-/m00/s1. The number of aliphatic carboxylic acids is 2. The number of carboxylic acids is 2. The predicted octanol–water partition coefficient (Wildman–Crippen LogP) is 7.95. The van der Waals surface area contributed by atoms with Gasteiger partial charge in [0, 0.05) is 24.7 Å². The van der Waals surface area contributed by atoms with E-state index in [1.54, 1.807) is 0 Å². The zero-order valence-electron chi connectivity index (χ0n) is 30.6. The summed E-state index contributed by atoms with van der Waals surface area (Å²) in [4.78, 5) is 47.4. The number of nitrogens with one attached hydrogen (secondary N) is 2. The first-order chi connectivity index (χ1) is 26.6. The number of rotatable bonds is 14. The summed E-state index contributed by atoms with van der Waals surface area (Å²) in [7, 11) is 0. The van der Waals surface area contributed by atoms with Gasteiger partial charge in [0.2, 0.25) is 0 Å². The monoisotopic (exact) mass is 740 g/mol. The number of unbranched alkanes of at least 4 members (excludes halogenated alkanes) is 2. The van der Waals surface area contributed by atoms with Crippen molar-refractivity contribution in [3.8, 4) is 46.9 Å². The summed E-state index contributed by atoms with van der Waals surface area (Å²) in [5.41, 5.74) is 7.55. The van der Waals surface area contributed by atoms with Crippen molar-refractivity contribution < 1.29 is 38.9 Å². The van der Waals surface area contributed by atoms with Crippen LogP contribution in [0, 0.1) is 24.7 Å². The summed E-state index contributed by atoms with van der Waals surface area (Å²) >= 11 is 0. The zero-order chi connectivity index (χ0) is 39.4. The first-order valence-corrected chi connectivity index (χ1v) is 18.2. The molecule has 2 atom stereocenters. The highest BCUT2D eigenvalue weighted by Gasteiger charge is 2.36. The maximum absolute atomic E-state index is 12.3. The van der Waals surface area contributed by atoms with E-state index in [2.05, 4.69) is 46.7 Å². The van der Waals surface area contributed by atoms with Crippen molar-refractivity contribution in [2.24, 2.45) is 0 Å². The second kappa shape index (κ2) is 18.5. The number of fused-ring (bicyclic) bond motifs is 6. The van der Waals surface area contributed by atoms with Crippen LogP contribution in [0.3, 0.4) is 0 Å². The Morgan fingerprint density at radius 2 is 1.07 bits per heavy atom. The van der Waals surface area contributed by atoms with Crippen LogP contribution in [-0.4, -0.2) is 59.1 Å². The second-order valence-electron chi connectivity index (χ2n) is 13.6. The Hall–Kier alpha value is -6.52. The van der Waals surface area contributed by atoms with E-state index in [9.17, 15) is 29.4 Å². The Morgan fingerprint density at radius 3 is 1.47 bits per heavy atom. The predicted molar refractivity (Wildman–Crippen MR) is 209 cm³/mol. The lowest BCUT2D eigenvalue weighted by Crippen LogP contribution is -2.52. The molecule has 55 heavy (non-hydrogen) atoms. The highest BCUT2D eigenvalue weighted by molar-refractivity contribution is 5.84. The van der Waals surface area contributed by atoms with E-state index >= 15 is 0 Å². The molecule has 0 spiro atoms. The summed E-state index contributed by atoms with van der Waals surface area (Å²) in [6.07, 6.45) is 11.4. The molecule has 0 unspecified atom stereocenters. The smallest absolute Gasteiger partial charge is 0.408 e. The number of carbonyl (C=O) groups is 4. The van der Waals surface area contributed by atoms with E-state index in [0.29, 0.717) is 25.7 Å². The minimum absolute atomic E-state index is 0.0622. The fourth-order valence-corrected chi connectivity index (χ4v) is 7.07. The zero-order valence-corrected chi connectivity index (χ0v) is 30.6. The van der Waals surface area contributed by atoms with Gasteiger partial charge in [0.15, 0.2) is 0 Å². The molecule has 2 aliphatic rings. The molecule has 2 aliphatic carbocycles. The van der Waals surface area contributed by atoms with Gasteiger partial charge >= 0.3 is 24.1 Å². The van der Waals surface area contributed by atoms with Gasteiger partial charge in [-0.2, -0.15) is 0 Å². The van der Waals surface area contributed by atoms with Crippen LogP contribution in [0.5, 0.6) is 0 Å². The van der Waals surface area contributed by atoms with Crippen molar-refractivity contribution in [3.63, 3.8) is 0 Å². The Balaban J connectivity index is 0.000000211. The fraction of sp³-hybridized carbons (Fsp3) is 0.289.